The Balaban J connectivity index is 2.33. The van der Waals surface area contributed by atoms with Crippen LogP contribution in [0.4, 0.5) is 0 Å². The number of benzene rings is 1. The number of aryl methyl sites for hydroxylation is 1. The van der Waals surface area contributed by atoms with Crippen molar-refractivity contribution in [1.29, 1.82) is 0 Å². The molecule has 4 nitrogen and oxygen atoms in total. The number of hydrogen-bond acceptors (Lipinski definition) is 3. The molecule has 1 amide bonds. The zero-order valence-electron chi connectivity index (χ0n) is 13.2. The SMILES string of the molecule is CCOC(=O)CC1c2ccc(C)cc2C(=O)N1CC(C)C. The first-order valence-corrected chi connectivity index (χ1v) is 7.51. The second kappa shape index (κ2) is 6.29. The first-order chi connectivity index (χ1) is 9.93. The molecule has 0 N–H and O–H groups in total. The quantitative estimate of drug-likeness (QED) is 0.782. The number of fused-ring (bicyclic) bond motifs is 1. The van der Waals surface area contributed by atoms with E-state index in [0.29, 0.717) is 19.1 Å². The standard InChI is InChI=1S/C17H23NO3/c1-5-21-16(19)9-15-13-7-6-12(4)8-14(13)17(20)18(15)10-11(2)3/h6-8,11,15H,5,9-10H2,1-4H3. The summed E-state index contributed by atoms with van der Waals surface area (Å²) in [5.41, 5.74) is 2.73. The molecule has 0 radical (unpaired) electrons. The van der Waals surface area contributed by atoms with Crippen LogP contribution in [-0.4, -0.2) is 29.9 Å². The van der Waals surface area contributed by atoms with E-state index in [2.05, 4.69) is 13.8 Å². The van der Waals surface area contributed by atoms with Crippen LogP contribution in [-0.2, 0) is 9.53 Å². The summed E-state index contributed by atoms with van der Waals surface area (Å²) in [5, 5.41) is 0. The van der Waals surface area contributed by atoms with Gasteiger partial charge in [-0.3, -0.25) is 9.59 Å². The van der Waals surface area contributed by atoms with Gasteiger partial charge in [0.2, 0.25) is 0 Å². The van der Waals surface area contributed by atoms with Crippen molar-refractivity contribution in [3.63, 3.8) is 0 Å². The number of ether oxygens (including phenoxy) is 1. The predicted molar refractivity (Wildman–Crippen MR) is 81.0 cm³/mol. The smallest absolute Gasteiger partial charge is 0.308 e. The Morgan fingerprint density at radius 1 is 1.38 bits per heavy atom. The maximum atomic E-state index is 12.6. The van der Waals surface area contributed by atoms with Gasteiger partial charge in [-0.25, -0.2) is 0 Å². The van der Waals surface area contributed by atoms with Crippen LogP contribution >= 0.6 is 0 Å². The van der Waals surface area contributed by atoms with Crippen LogP contribution in [0.3, 0.4) is 0 Å². The van der Waals surface area contributed by atoms with Crippen molar-refractivity contribution in [3.05, 3.63) is 34.9 Å². The van der Waals surface area contributed by atoms with Gasteiger partial charge < -0.3 is 9.64 Å². The van der Waals surface area contributed by atoms with E-state index in [0.717, 1.165) is 16.7 Å². The van der Waals surface area contributed by atoms with Crippen LogP contribution in [0.25, 0.3) is 0 Å². The largest absolute Gasteiger partial charge is 0.466 e. The summed E-state index contributed by atoms with van der Waals surface area (Å²) in [4.78, 5) is 26.3. The van der Waals surface area contributed by atoms with Crippen molar-refractivity contribution in [2.24, 2.45) is 5.92 Å². The van der Waals surface area contributed by atoms with Gasteiger partial charge in [0.25, 0.3) is 5.91 Å². The van der Waals surface area contributed by atoms with Gasteiger partial charge in [-0.1, -0.05) is 31.5 Å². The Labute approximate surface area is 126 Å². The number of rotatable bonds is 5. The molecule has 2 rings (SSSR count). The fourth-order valence-corrected chi connectivity index (χ4v) is 2.81. The Bertz CT molecular complexity index is 551. The van der Waals surface area contributed by atoms with Crippen molar-refractivity contribution in [1.82, 2.24) is 4.90 Å². The highest BCUT2D eigenvalue weighted by molar-refractivity contribution is 6.00. The van der Waals surface area contributed by atoms with E-state index >= 15 is 0 Å². The van der Waals surface area contributed by atoms with E-state index in [1.165, 1.54) is 0 Å². The first-order valence-electron chi connectivity index (χ1n) is 7.51. The van der Waals surface area contributed by atoms with Crippen LogP contribution in [0.2, 0.25) is 0 Å². The molecule has 0 saturated carbocycles. The Hall–Kier alpha value is -1.84. The molecule has 1 aromatic carbocycles. The molecule has 0 fully saturated rings. The van der Waals surface area contributed by atoms with Crippen molar-refractivity contribution in [3.8, 4) is 0 Å². The lowest BCUT2D eigenvalue weighted by Crippen LogP contribution is -2.33. The lowest BCUT2D eigenvalue weighted by molar-refractivity contribution is -0.144. The number of hydrogen-bond donors (Lipinski definition) is 0. The minimum atomic E-state index is -0.252. The summed E-state index contributed by atoms with van der Waals surface area (Å²) >= 11 is 0. The molecule has 0 spiro atoms. The first kappa shape index (κ1) is 15.5. The Morgan fingerprint density at radius 3 is 2.71 bits per heavy atom. The maximum absolute atomic E-state index is 12.6. The van der Waals surface area contributed by atoms with Crippen molar-refractivity contribution in [2.75, 3.05) is 13.2 Å². The topological polar surface area (TPSA) is 46.6 Å². The van der Waals surface area contributed by atoms with Gasteiger partial charge in [-0.05, 0) is 31.4 Å². The summed E-state index contributed by atoms with van der Waals surface area (Å²) < 4.78 is 5.05. The lowest BCUT2D eigenvalue weighted by Gasteiger charge is -2.26. The zero-order chi connectivity index (χ0) is 15.6. The minimum Gasteiger partial charge on any atom is -0.466 e. The fourth-order valence-electron chi connectivity index (χ4n) is 2.81. The van der Waals surface area contributed by atoms with E-state index in [9.17, 15) is 9.59 Å². The third kappa shape index (κ3) is 3.26. The van der Waals surface area contributed by atoms with E-state index in [1.54, 1.807) is 6.92 Å². The molecule has 4 heteroatoms. The van der Waals surface area contributed by atoms with Gasteiger partial charge in [-0.2, -0.15) is 0 Å². The normalized spacial score (nSPS) is 17.3. The number of esters is 1. The summed E-state index contributed by atoms with van der Waals surface area (Å²) in [6, 6.07) is 5.67. The molecule has 0 aliphatic carbocycles. The second-order valence-corrected chi connectivity index (χ2v) is 5.97. The van der Waals surface area contributed by atoms with Crippen LogP contribution in [0.5, 0.6) is 0 Å². The van der Waals surface area contributed by atoms with Crippen LogP contribution in [0, 0.1) is 12.8 Å². The molecule has 1 heterocycles. The van der Waals surface area contributed by atoms with Crippen LogP contribution in [0.15, 0.2) is 18.2 Å². The molecule has 0 saturated heterocycles. The highest BCUT2D eigenvalue weighted by Crippen LogP contribution is 2.37. The summed E-state index contributed by atoms with van der Waals surface area (Å²) in [6.45, 7) is 8.92. The average Bonchev–Trinajstić information content (AvgIpc) is 2.64. The fraction of sp³-hybridized carbons (Fsp3) is 0.529. The summed E-state index contributed by atoms with van der Waals surface area (Å²) in [5.74, 6) is 0.128. The minimum absolute atomic E-state index is 0.0247. The second-order valence-electron chi connectivity index (χ2n) is 5.97. The Morgan fingerprint density at radius 2 is 2.10 bits per heavy atom. The van der Waals surface area contributed by atoms with E-state index in [1.807, 2.05) is 30.0 Å². The van der Waals surface area contributed by atoms with Gasteiger partial charge in [0, 0.05) is 12.1 Å². The van der Waals surface area contributed by atoms with Crippen molar-refractivity contribution in [2.45, 2.75) is 40.2 Å². The van der Waals surface area contributed by atoms with Crippen molar-refractivity contribution < 1.29 is 14.3 Å². The summed E-state index contributed by atoms with van der Waals surface area (Å²) in [7, 11) is 0. The van der Waals surface area contributed by atoms with Gasteiger partial charge in [0.15, 0.2) is 0 Å². The third-order valence-electron chi connectivity index (χ3n) is 3.66. The molecule has 1 aromatic rings. The van der Waals surface area contributed by atoms with E-state index < -0.39 is 0 Å². The molecule has 1 aliphatic rings. The highest BCUT2D eigenvalue weighted by atomic mass is 16.5. The summed E-state index contributed by atoms with van der Waals surface area (Å²) in [6.07, 6.45) is 0.225. The van der Waals surface area contributed by atoms with E-state index in [4.69, 9.17) is 4.74 Å². The molecule has 21 heavy (non-hydrogen) atoms. The third-order valence-corrected chi connectivity index (χ3v) is 3.66. The molecular weight excluding hydrogens is 266 g/mol. The number of amides is 1. The van der Waals surface area contributed by atoms with Crippen LogP contribution in [0.1, 0.15) is 54.7 Å². The molecule has 1 aliphatic heterocycles. The maximum Gasteiger partial charge on any atom is 0.308 e. The molecule has 0 aromatic heterocycles. The molecule has 0 bridgehead atoms. The van der Waals surface area contributed by atoms with E-state index in [-0.39, 0.29) is 24.3 Å². The molecule has 1 unspecified atom stereocenters. The molecular formula is C17H23NO3. The average molecular weight is 289 g/mol. The number of carbonyl (C=O) groups is 2. The number of nitrogens with zero attached hydrogens (tertiary/aromatic N) is 1. The molecule has 114 valence electrons. The molecule has 1 atom stereocenters. The van der Waals surface area contributed by atoms with Gasteiger partial charge in [-0.15, -0.1) is 0 Å². The van der Waals surface area contributed by atoms with Gasteiger partial charge >= 0.3 is 5.97 Å². The van der Waals surface area contributed by atoms with Gasteiger partial charge in [0.05, 0.1) is 19.1 Å². The predicted octanol–water partition coefficient (Wildman–Crippen LogP) is 3.10. The van der Waals surface area contributed by atoms with Crippen LogP contribution < -0.4 is 0 Å². The lowest BCUT2D eigenvalue weighted by atomic mass is 10.00. The van der Waals surface area contributed by atoms with Crippen molar-refractivity contribution >= 4 is 11.9 Å². The Kier molecular flexibility index (Phi) is 4.66. The monoisotopic (exact) mass is 289 g/mol. The van der Waals surface area contributed by atoms with Gasteiger partial charge in [0.1, 0.15) is 0 Å². The highest BCUT2D eigenvalue weighted by Gasteiger charge is 2.38. The number of carbonyl (C=O) groups excluding carboxylic acids is 2. The zero-order valence-corrected chi connectivity index (χ0v) is 13.2.